The van der Waals surface area contributed by atoms with Crippen molar-refractivity contribution < 1.29 is 14.6 Å². The van der Waals surface area contributed by atoms with Crippen LogP contribution >= 0.6 is 0 Å². The summed E-state index contributed by atoms with van der Waals surface area (Å²) in [5.41, 5.74) is 2.40. The van der Waals surface area contributed by atoms with Crippen LogP contribution in [0.4, 0.5) is 0 Å². The van der Waals surface area contributed by atoms with Gasteiger partial charge < -0.3 is 14.6 Å². The van der Waals surface area contributed by atoms with E-state index in [0.29, 0.717) is 12.6 Å². The van der Waals surface area contributed by atoms with E-state index in [0.717, 1.165) is 49.8 Å². The maximum absolute atomic E-state index is 9.60. The number of aliphatic hydroxyl groups is 1. The van der Waals surface area contributed by atoms with E-state index in [4.69, 9.17) is 9.47 Å². The number of rotatable bonds is 9. The molecule has 1 saturated heterocycles. The van der Waals surface area contributed by atoms with E-state index < -0.39 is 0 Å². The summed E-state index contributed by atoms with van der Waals surface area (Å²) in [7, 11) is 3.43. The quantitative estimate of drug-likeness (QED) is 0.701. The van der Waals surface area contributed by atoms with Gasteiger partial charge in [0.1, 0.15) is 5.75 Å². The van der Waals surface area contributed by atoms with Gasteiger partial charge in [-0.3, -0.25) is 9.80 Å². The van der Waals surface area contributed by atoms with Crippen molar-refractivity contribution in [3.63, 3.8) is 0 Å². The van der Waals surface area contributed by atoms with Crippen LogP contribution in [0.25, 0.3) is 0 Å². The Morgan fingerprint density at radius 2 is 1.93 bits per heavy atom. The molecule has 2 aliphatic rings. The first-order chi connectivity index (χ1) is 13.7. The Morgan fingerprint density at radius 3 is 2.64 bits per heavy atom. The zero-order chi connectivity index (χ0) is 19.8. The van der Waals surface area contributed by atoms with Crippen molar-refractivity contribution in [1.82, 2.24) is 9.80 Å². The van der Waals surface area contributed by atoms with E-state index in [9.17, 15) is 5.11 Å². The Labute approximate surface area is 170 Å². The van der Waals surface area contributed by atoms with Gasteiger partial charge in [0.2, 0.25) is 0 Å². The summed E-state index contributed by atoms with van der Waals surface area (Å²) in [6.45, 7) is 6.26. The van der Waals surface area contributed by atoms with Crippen molar-refractivity contribution >= 4 is 0 Å². The van der Waals surface area contributed by atoms with Crippen LogP contribution < -0.4 is 4.74 Å². The largest absolute Gasteiger partial charge is 0.496 e. The predicted molar refractivity (Wildman–Crippen MR) is 113 cm³/mol. The SMILES string of the molecule is COCc1cc(CN2CCN(CC3CCCCC3)C(CCO)C2)ccc1OC. The number of nitrogens with zero attached hydrogens (tertiary/aromatic N) is 2. The van der Waals surface area contributed by atoms with Crippen LogP contribution in [0.5, 0.6) is 5.75 Å². The molecule has 5 heteroatoms. The minimum Gasteiger partial charge on any atom is -0.496 e. The zero-order valence-corrected chi connectivity index (χ0v) is 17.7. The third-order valence-corrected chi connectivity index (χ3v) is 6.42. The van der Waals surface area contributed by atoms with Crippen LogP contribution in [0.3, 0.4) is 0 Å². The average molecular weight is 391 g/mol. The number of benzene rings is 1. The van der Waals surface area contributed by atoms with Crippen molar-refractivity contribution in [2.75, 3.05) is 47.0 Å². The maximum atomic E-state index is 9.60. The second-order valence-corrected chi connectivity index (χ2v) is 8.48. The lowest BCUT2D eigenvalue weighted by molar-refractivity contribution is 0.0400. The van der Waals surface area contributed by atoms with E-state index in [2.05, 4.69) is 21.9 Å². The third-order valence-electron chi connectivity index (χ3n) is 6.42. The fourth-order valence-corrected chi connectivity index (χ4v) is 4.92. The van der Waals surface area contributed by atoms with Crippen molar-refractivity contribution in [3.8, 4) is 5.75 Å². The van der Waals surface area contributed by atoms with Gasteiger partial charge in [0.05, 0.1) is 13.7 Å². The normalized spacial score (nSPS) is 22.5. The summed E-state index contributed by atoms with van der Waals surface area (Å²) in [5, 5.41) is 9.60. The Balaban J connectivity index is 1.59. The minimum atomic E-state index is 0.278. The highest BCUT2D eigenvalue weighted by Gasteiger charge is 2.29. The molecule has 1 aliphatic heterocycles. The number of hydrogen-bond donors (Lipinski definition) is 1. The van der Waals surface area contributed by atoms with Gasteiger partial charge >= 0.3 is 0 Å². The van der Waals surface area contributed by atoms with E-state index >= 15 is 0 Å². The molecule has 1 aromatic rings. The number of piperazine rings is 1. The zero-order valence-electron chi connectivity index (χ0n) is 17.7. The van der Waals surface area contributed by atoms with Crippen LogP contribution in [0.15, 0.2) is 18.2 Å². The Hall–Kier alpha value is -1.14. The molecule has 0 bridgehead atoms. The minimum absolute atomic E-state index is 0.278. The molecule has 1 aromatic carbocycles. The molecule has 1 heterocycles. The molecule has 0 spiro atoms. The van der Waals surface area contributed by atoms with Gasteiger partial charge in [0.15, 0.2) is 0 Å². The van der Waals surface area contributed by atoms with Crippen molar-refractivity contribution in [2.24, 2.45) is 5.92 Å². The summed E-state index contributed by atoms with van der Waals surface area (Å²) < 4.78 is 10.8. The second kappa shape index (κ2) is 11.1. The van der Waals surface area contributed by atoms with E-state index in [-0.39, 0.29) is 6.61 Å². The van der Waals surface area contributed by atoms with Crippen molar-refractivity contribution in [1.29, 1.82) is 0 Å². The molecule has 0 amide bonds. The van der Waals surface area contributed by atoms with Gasteiger partial charge in [-0.25, -0.2) is 0 Å². The van der Waals surface area contributed by atoms with Crippen LogP contribution in [0.1, 0.15) is 49.7 Å². The standard InChI is InChI=1S/C23H38N2O3/c1-27-18-21-14-20(8-9-23(21)28-2)15-24-11-12-25(22(17-24)10-13-26)16-19-6-4-3-5-7-19/h8-9,14,19,22,26H,3-7,10-13,15-18H2,1-2H3. The molecule has 1 aliphatic carbocycles. The highest BCUT2D eigenvalue weighted by atomic mass is 16.5. The summed E-state index contributed by atoms with van der Waals surface area (Å²) in [4.78, 5) is 5.20. The molecule has 1 atom stereocenters. The van der Waals surface area contributed by atoms with Gasteiger partial charge in [-0.05, 0) is 42.9 Å². The summed E-state index contributed by atoms with van der Waals surface area (Å²) in [5.74, 6) is 1.75. The fraction of sp³-hybridized carbons (Fsp3) is 0.739. The number of hydrogen-bond acceptors (Lipinski definition) is 5. The lowest BCUT2D eigenvalue weighted by Crippen LogP contribution is -2.54. The first kappa shape index (κ1) is 21.6. The molecule has 2 fully saturated rings. The monoisotopic (exact) mass is 390 g/mol. The van der Waals surface area contributed by atoms with Crippen LogP contribution in [0.2, 0.25) is 0 Å². The molecular formula is C23H38N2O3. The van der Waals surface area contributed by atoms with Crippen molar-refractivity contribution in [3.05, 3.63) is 29.3 Å². The van der Waals surface area contributed by atoms with Gasteiger partial charge in [-0.15, -0.1) is 0 Å². The topological polar surface area (TPSA) is 45.2 Å². The van der Waals surface area contributed by atoms with Gasteiger partial charge in [0.25, 0.3) is 0 Å². The second-order valence-electron chi connectivity index (χ2n) is 8.48. The number of ether oxygens (including phenoxy) is 2. The Kier molecular flexibility index (Phi) is 8.59. The van der Waals surface area contributed by atoms with Crippen molar-refractivity contribution in [2.45, 2.75) is 57.7 Å². The van der Waals surface area contributed by atoms with E-state index in [1.165, 1.54) is 44.2 Å². The molecule has 1 unspecified atom stereocenters. The van der Waals surface area contributed by atoms with E-state index in [1.54, 1.807) is 14.2 Å². The third kappa shape index (κ3) is 5.93. The maximum Gasteiger partial charge on any atom is 0.124 e. The number of aliphatic hydroxyl groups excluding tert-OH is 1. The highest BCUT2D eigenvalue weighted by molar-refractivity contribution is 5.37. The first-order valence-corrected chi connectivity index (χ1v) is 11.0. The van der Waals surface area contributed by atoms with E-state index in [1.807, 2.05) is 6.07 Å². The number of methoxy groups -OCH3 is 2. The summed E-state index contributed by atoms with van der Waals surface area (Å²) in [6.07, 6.45) is 7.87. The molecular weight excluding hydrogens is 352 g/mol. The first-order valence-electron chi connectivity index (χ1n) is 11.0. The highest BCUT2D eigenvalue weighted by Crippen LogP contribution is 2.27. The van der Waals surface area contributed by atoms with Gasteiger partial charge in [-0.1, -0.05) is 25.3 Å². The molecule has 3 rings (SSSR count). The molecule has 1 N–H and O–H groups in total. The molecule has 0 aromatic heterocycles. The smallest absolute Gasteiger partial charge is 0.124 e. The van der Waals surface area contributed by atoms with Crippen LogP contribution in [0, 0.1) is 5.92 Å². The van der Waals surface area contributed by atoms with Gasteiger partial charge in [-0.2, -0.15) is 0 Å². The lowest BCUT2D eigenvalue weighted by Gasteiger charge is -2.43. The van der Waals surface area contributed by atoms with Crippen LogP contribution in [-0.2, 0) is 17.9 Å². The lowest BCUT2D eigenvalue weighted by atomic mass is 9.88. The summed E-state index contributed by atoms with van der Waals surface area (Å²) >= 11 is 0. The molecule has 28 heavy (non-hydrogen) atoms. The fourth-order valence-electron chi connectivity index (χ4n) is 4.92. The molecule has 5 nitrogen and oxygen atoms in total. The van der Waals surface area contributed by atoms with Gasteiger partial charge in [0, 0.05) is 58.0 Å². The molecule has 0 radical (unpaired) electrons. The molecule has 158 valence electrons. The van der Waals surface area contributed by atoms with Crippen LogP contribution in [-0.4, -0.2) is 68.0 Å². The predicted octanol–water partition coefficient (Wildman–Crippen LogP) is 3.29. The molecule has 1 saturated carbocycles. The summed E-state index contributed by atoms with van der Waals surface area (Å²) in [6, 6.07) is 6.89. The average Bonchev–Trinajstić information content (AvgIpc) is 2.71. The Morgan fingerprint density at radius 1 is 1.11 bits per heavy atom. The Bertz CT molecular complexity index is 589.